The monoisotopic (exact) mass is 380 g/mol. The third-order valence-corrected chi connectivity index (χ3v) is 5.43. The molecule has 5 nitrogen and oxygen atoms in total. The highest BCUT2D eigenvalue weighted by Crippen LogP contribution is 2.27. The van der Waals surface area contributed by atoms with Gasteiger partial charge in [0.15, 0.2) is 11.0 Å². The molecule has 3 aromatic rings. The van der Waals surface area contributed by atoms with Crippen LogP contribution in [0.1, 0.15) is 26.3 Å². The third-order valence-electron chi connectivity index (χ3n) is 4.35. The van der Waals surface area contributed by atoms with Gasteiger partial charge in [-0.2, -0.15) is 0 Å². The number of aryl methyl sites for hydroxylation is 1. The maximum Gasteiger partial charge on any atom is 0.237 e. The number of rotatable bonds is 7. The Morgan fingerprint density at radius 3 is 2.41 bits per heavy atom. The van der Waals surface area contributed by atoms with Crippen molar-refractivity contribution in [2.75, 3.05) is 5.32 Å². The fourth-order valence-electron chi connectivity index (χ4n) is 2.74. The summed E-state index contributed by atoms with van der Waals surface area (Å²) in [6.07, 6.45) is 0.983. The number of benzene rings is 2. The van der Waals surface area contributed by atoms with Crippen LogP contribution in [-0.4, -0.2) is 25.9 Å². The van der Waals surface area contributed by atoms with E-state index in [-0.39, 0.29) is 11.2 Å². The van der Waals surface area contributed by atoms with Crippen LogP contribution in [0, 0.1) is 0 Å². The van der Waals surface area contributed by atoms with E-state index < -0.39 is 0 Å². The minimum atomic E-state index is -0.283. The van der Waals surface area contributed by atoms with Gasteiger partial charge in [-0.1, -0.05) is 61.2 Å². The molecule has 1 atom stereocenters. The molecule has 0 bridgehead atoms. The zero-order chi connectivity index (χ0) is 19.2. The zero-order valence-electron chi connectivity index (χ0n) is 15.8. The molecule has 0 aliphatic heterocycles. The summed E-state index contributed by atoms with van der Waals surface area (Å²) >= 11 is 1.42. The van der Waals surface area contributed by atoms with E-state index in [1.165, 1.54) is 17.3 Å². The van der Waals surface area contributed by atoms with Crippen LogP contribution < -0.4 is 5.32 Å². The lowest BCUT2D eigenvalue weighted by atomic mass is 10.1. The summed E-state index contributed by atoms with van der Waals surface area (Å²) in [6, 6.07) is 17.9. The minimum absolute atomic E-state index is 0.0452. The molecule has 1 aromatic heterocycles. The molecule has 0 saturated carbocycles. The molecule has 27 heavy (non-hydrogen) atoms. The van der Waals surface area contributed by atoms with Crippen molar-refractivity contribution in [1.29, 1.82) is 0 Å². The number of hydrogen-bond donors (Lipinski definition) is 1. The first kappa shape index (κ1) is 19.2. The average Bonchev–Trinajstić information content (AvgIpc) is 3.11. The summed E-state index contributed by atoms with van der Waals surface area (Å²) in [7, 11) is 0. The van der Waals surface area contributed by atoms with E-state index in [0.29, 0.717) is 0 Å². The molecule has 2 aromatic carbocycles. The number of aromatic nitrogens is 3. The SMILES string of the molecule is CCc1ccc(NC(=O)[C@@H](C)Sc2nnc(-c3ccccc3)n2CC)cc1. The number of carbonyl (C=O) groups excluding carboxylic acids is 1. The predicted molar refractivity (Wildman–Crippen MR) is 111 cm³/mol. The van der Waals surface area contributed by atoms with Crippen LogP contribution in [0.15, 0.2) is 59.8 Å². The summed E-state index contributed by atoms with van der Waals surface area (Å²) < 4.78 is 2.04. The number of hydrogen-bond acceptors (Lipinski definition) is 4. The summed E-state index contributed by atoms with van der Waals surface area (Å²) in [4.78, 5) is 12.6. The molecule has 6 heteroatoms. The third kappa shape index (κ3) is 4.57. The van der Waals surface area contributed by atoms with Crippen LogP contribution in [0.5, 0.6) is 0 Å². The summed E-state index contributed by atoms with van der Waals surface area (Å²) in [5, 5.41) is 12.1. The smallest absolute Gasteiger partial charge is 0.237 e. The summed E-state index contributed by atoms with van der Waals surface area (Å²) in [6.45, 7) is 6.80. The molecule has 140 valence electrons. The molecule has 0 spiro atoms. The lowest BCUT2D eigenvalue weighted by molar-refractivity contribution is -0.115. The Hall–Kier alpha value is -2.60. The van der Waals surface area contributed by atoms with Crippen molar-refractivity contribution < 1.29 is 4.79 Å². The van der Waals surface area contributed by atoms with Gasteiger partial charge in [-0.3, -0.25) is 4.79 Å². The molecule has 0 aliphatic rings. The van der Waals surface area contributed by atoms with Crippen molar-refractivity contribution in [3.8, 4) is 11.4 Å². The Labute approximate surface area is 164 Å². The van der Waals surface area contributed by atoms with Crippen molar-refractivity contribution in [2.24, 2.45) is 0 Å². The maximum atomic E-state index is 12.6. The molecule has 1 N–H and O–H groups in total. The van der Waals surface area contributed by atoms with Gasteiger partial charge in [0, 0.05) is 17.8 Å². The lowest BCUT2D eigenvalue weighted by Crippen LogP contribution is -2.23. The van der Waals surface area contributed by atoms with Crippen LogP contribution in [-0.2, 0) is 17.8 Å². The van der Waals surface area contributed by atoms with Gasteiger partial charge in [0.1, 0.15) is 0 Å². The average molecular weight is 381 g/mol. The van der Waals surface area contributed by atoms with E-state index in [9.17, 15) is 4.79 Å². The van der Waals surface area contributed by atoms with E-state index in [1.54, 1.807) is 0 Å². The normalized spacial score (nSPS) is 12.0. The van der Waals surface area contributed by atoms with Crippen LogP contribution >= 0.6 is 11.8 Å². The second-order valence-corrected chi connectivity index (χ2v) is 7.52. The fourth-order valence-corrected chi connectivity index (χ4v) is 3.65. The number of carbonyl (C=O) groups is 1. The zero-order valence-corrected chi connectivity index (χ0v) is 16.7. The van der Waals surface area contributed by atoms with Gasteiger partial charge in [-0.15, -0.1) is 10.2 Å². The molecule has 1 amide bonds. The van der Waals surface area contributed by atoms with Crippen molar-refractivity contribution >= 4 is 23.4 Å². The summed E-state index contributed by atoms with van der Waals surface area (Å²) in [5.74, 6) is 0.777. The van der Waals surface area contributed by atoms with Crippen LogP contribution in [0.25, 0.3) is 11.4 Å². The Morgan fingerprint density at radius 2 is 1.78 bits per heavy atom. The van der Waals surface area contributed by atoms with Crippen LogP contribution in [0.2, 0.25) is 0 Å². The van der Waals surface area contributed by atoms with Gasteiger partial charge in [-0.25, -0.2) is 0 Å². The van der Waals surface area contributed by atoms with E-state index in [2.05, 4.69) is 29.4 Å². The minimum Gasteiger partial charge on any atom is -0.325 e. The molecular formula is C21H24N4OS. The molecular weight excluding hydrogens is 356 g/mol. The largest absolute Gasteiger partial charge is 0.325 e. The second kappa shape index (κ2) is 8.86. The molecule has 1 heterocycles. The fraction of sp³-hybridized carbons (Fsp3) is 0.286. The Bertz CT molecular complexity index is 890. The van der Waals surface area contributed by atoms with E-state index in [0.717, 1.165) is 35.2 Å². The molecule has 0 aliphatic carbocycles. The second-order valence-electron chi connectivity index (χ2n) is 6.22. The van der Waals surface area contributed by atoms with Crippen LogP contribution in [0.3, 0.4) is 0 Å². The Kier molecular flexibility index (Phi) is 6.29. The van der Waals surface area contributed by atoms with Gasteiger partial charge >= 0.3 is 0 Å². The van der Waals surface area contributed by atoms with Crippen molar-refractivity contribution in [3.63, 3.8) is 0 Å². The first-order valence-corrected chi connectivity index (χ1v) is 10.1. The first-order chi connectivity index (χ1) is 13.1. The van der Waals surface area contributed by atoms with Gasteiger partial charge in [0.25, 0.3) is 0 Å². The number of amides is 1. The number of nitrogens with zero attached hydrogens (tertiary/aromatic N) is 3. The standard InChI is InChI=1S/C21H24N4OS/c1-4-16-11-13-18(14-12-16)22-20(26)15(3)27-21-24-23-19(25(21)5-2)17-9-7-6-8-10-17/h6-15H,4-5H2,1-3H3,(H,22,26)/t15-/m1/s1. The van der Waals surface area contributed by atoms with Gasteiger partial charge < -0.3 is 9.88 Å². The molecule has 3 rings (SSSR count). The van der Waals surface area contributed by atoms with E-state index in [4.69, 9.17) is 0 Å². The number of anilines is 1. The highest BCUT2D eigenvalue weighted by atomic mass is 32.2. The predicted octanol–water partition coefficient (Wildman–Crippen LogP) is 4.65. The van der Waals surface area contributed by atoms with Gasteiger partial charge in [0.2, 0.25) is 5.91 Å². The van der Waals surface area contributed by atoms with Gasteiger partial charge in [-0.05, 0) is 38.0 Å². The van der Waals surface area contributed by atoms with E-state index >= 15 is 0 Å². The first-order valence-electron chi connectivity index (χ1n) is 9.17. The number of nitrogens with one attached hydrogen (secondary N) is 1. The van der Waals surface area contributed by atoms with Crippen molar-refractivity contribution in [3.05, 3.63) is 60.2 Å². The maximum absolute atomic E-state index is 12.6. The van der Waals surface area contributed by atoms with Gasteiger partial charge in [0.05, 0.1) is 5.25 Å². The van der Waals surface area contributed by atoms with E-state index in [1.807, 2.05) is 66.1 Å². The number of thioether (sulfide) groups is 1. The highest BCUT2D eigenvalue weighted by molar-refractivity contribution is 8.00. The molecule has 0 unspecified atom stereocenters. The Balaban J connectivity index is 1.70. The van der Waals surface area contributed by atoms with Crippen molar-refractivity contribution in [1.82, 2.24) is 14.8 Å². The highest BCUT2D eigenvalue weighted by Gasteiger charge is 2.20. The van der Waals surface area contributed by atoms with Crippen molar-refractivity contribution in [2.45, 2.75) is 44.1 Å². The summed E-state index contributed by atoms with van der Waals surface area (Å²) in [5.41, 5.74) is 3.08. The molecule has 0 radical (unpaired) electrons. The van der Waals surface area contributed by atoms with Crippen LogP contribution in [0.4, 0.5) is 5.69 Å². The molecule has 0 fully saturated rings. The topological polar surface area (TPSA) is 59.8 Å². The molecule has 0 saturated heterocycles. The quantitative estimate of drug-likeness (QED) is 0.606. The lowest BCUT2D eigenvalue weighted by Gasteiger charge is -2.13. The Morgan fingerprint density at radius 1 is 1.07 bits per heavy atom.